The zero-order valence-corrected chi connectivity index (χ0v) is 15.1. The Bertz CT molecular complexity index is 995. The lowest BCUT2D eigenvalue weighted by molar-refractivity contribution is 0.101. The van der Waals surface area contributed by atoms with E-state index in [1.54, 1.807) is 30.3 Å². The molecule has 0 saturated carbocycles. The Morgan fingerprint density at radius 1 is 0.778 bits per heavy atom. The van der Waals surface area contributed by atoms with Crippen LogP contribution >= 0.6 is 0 Å². The molecule has 5 nitrogen and oxygen atoms in total. The highest BCUT2D eigenvalue weighted by Gasteiger charge is 2.11. The molecule has 5 heteroatoms. The first-order chi connectivity index (χ1) is 12.9. The second-order valence-electron chi connectivity index (χ2n) is 6.35. The van der Waals surface area contributed by atoms with Gasteiger partial charge in [-0.05, 0) is 67.9 Å². The summed E-state index contributed by atoms with van der Waals surface area (Å²) in [6, 6.07) is 18.7. The molecule has 3 aromatic carbocycles. The Hall–Kier alpha value is -3.60. The van der Waals surface area contributed by atoms with Crippen LogP contribution in [-0.2, 0) is 0 Å². The zero-order valence-electron chi connectivity index (χ0n) is 15.1. The Kier molecular flexibility index (Phi) is 5.22. The van der Waals surface area contributed by atoms with E-state index in [1.807, 2.05) is 38.1 Å². The van der Waals surface area contributed by atoms with Gasteiger partial charge in [0.1, 0.15) is 5.75 Å². The van der Waals surface area contributed by atoms with Gasteiger partial charge in [-0.25, -0.2) is 0 Å². The summed E-state index contributed by atoms with van der Waals surface area (Å²) in [5.74, 6) is -0.401. The van der Waals surface area contributed by atoms with Gasteiger partial charge in [-0.1, -0.05) is 23.8 Å². The fraction of sp³-hybridized carbons (Fsp3) is 0.0909. The normalized spacial score (nSPS) is 10.3. The summed E-state index contributed by atoms with van der Waals surface area (Å²) >= 11 is 0. The molecule has 136 valence electrons. The molecule has 2 amide bonds. The minimum atomic E-state index is -0.291. The SMILES string of the molecule is Cc1cccc(C(=O)Nc2ccc(C)c(NC(=O)c3ccc(O)cc3)c2)c1. The summed E-state index contributed by atoms with van der Waals surface area (Å²) in [7, 11) is 0. The number of nitrogens with one attached hydrogen (secondary N) is 2. The van der Waals surface area contributed by atoms with Crippen molar-refractivity contribution < 1.29 is 14.7 Å². The van der Waals surface area contributed by atoms with Gasteiger partial charge in [0.05, 0.1) is 0 Å². The van der Waals surface area contributed by atoms with Gasteiger partial charge in [0, 0.05) is 22.5 Å². The highest BCUT2D eigenvalue weighted by Crippen LogP contribution is 2.22. The molecule has 0 aliphatic heterocycles. The lowest BCUT2D eigenvalue weighted by atomic mass is 10.1. The molecular weight excluding hydrogens is 340 g/mol. The van der Waals surface area contributed by atoms with E-state index < -0.39 is 0 Å². The van der Waals surface area contributed by atoms with E-state index in [0.717, 1.165) is 11.1 Å². The van der Waals surface area contributed by atoms with Crippen molar-refractivity contribution in [1.29, 1.82) is 0 Å². The van der Waals surface area contributed by atoms with Gasteiger partial charge >= 0.3 is 0 Å². The third-order valence-corrected chi connectivity index (χ3v) is 4.15. The van der Waals surface area contributed by atoms with Crippen molar-refractivity contribution in [2.45, 2.75) is 13.8 Å². The highest BCUT2D eigenvalue weighted by atomic mass is 16.3. The van der Waals surface area contributed by atoms with Crippen molar-refractivity contribution in [1.82, 2.24) is 0 Å². The molecular formula is C22H20N2O3. The molecule has 0 aliphatic carbocycles. The molecule has 3 aromatic rings. The summed E-state index contributed by atoms with van der Waals surface area (Å²) in [5, 5.41) is 15.0. The molecule has 0 bridgehead atoms. The summed E-state index contributed by atoms with van der Waals surface area (Å²) < 4.78 is 0. The van der Waals surface area contributed by atoms with Gasteiger partial charge < -0.3 is 15.7 Å². The number of aromatic hydroxyl groups is 1. The maximum absolute atomic E-state index is 12.4. The highest BCUT2D eigenvalue weighted by molar-refractivity contribution is 6.06. The van der Waals surface area contributed by atoms with E-state index in [0.29, 0.717) is 22.5 Å². The molecule has 0 radical (unpaired) electrons. The van der Waals surface area contributed by atoms with E-state index in [1.165, 1.54) is 12.1 Å². The lowest BCUT2D eigenvalue weighted by Crippen LogP contribution is -2.14. The Balaban J connectivity index is 1.76. The smallest absolute Gasteiger partial charge is 0.255 e. The number of phenolic OH excluding ortho intramolecular Hbond substituents is 1. The maximum Gasteiger partial charge on any atom is 0.255 e. The van der Waals surface area contributed by atoms with Crippen LogP contribution in [-0.4, -0.2) is 16.9 Å². The van der Waals surface area contributed by atoms with Crippen molar-refractivity contribution >= 4 is 23.2 Å². The maximum atomic E-state index is 12.4. The minimum Gasteiger partial charge on any atom is -0.508 e. The van der Waals surface area contributed by atoms with Gasteiger partial charge in [-0.3, -0.25) is 9.59 Å². The average molecular weight is 360 g/mol. The van der Waals surface area contributed by atoms with Crippen LogP contribution in [0, 0.1) is 13.8 Å². The summed E-state index contributed by atoms with van der Waals surface area (Å²) in [6.07, 6.45) is 0. The number of amides is 2. The molecule has 0 unspecified atom stereocenters. The first kappa shape index (κ1) is 18.2. The number of carbonyl (C=O) groups is 2. The summed E-state index contributed by atoms with van der Waals surface area (Å²) in [6.45, 7) is 3.80. The minimum absolute atomic E-state index is 0.101. The second kappa shape index (κ2) is 7.74. The number of hydrogen-bond donors (Lipinski definition) is 3. The van der Waals surface area contributed by atoms with Crippen molar-refractivity contribution in [3.63, 3.8) is 0 Å². The van der Waals surface area contributed by atoms with Crippen LogP contribution < -0.4 is 10.6 Å². The predicted octanol–water partition coefficient (Wildman–Crippen LogP) is 4.51. The van der Waals surface area contributed by atoms with Crippen LogP contribution in [0.3, 0.4) is 0 Å². The monoisotopic (exact) mass is 360 g/mol. The fourth-order valence-electron chi connectivity index (χ4n) is 2.63. The molecule has 3 rings (SSSR count). The van der Waals surface area contributed by atoms with E-state index in [-0.39, 0.29) is 17.6 Å². The number of aryl methyl sites for hydroxylation is 2. The van der Waals surface area contributed by atoms with E-state index in [2.05, 4.69) is 10.6 Å². The van der Waals surface area contributed by atoms with Crippen molar-refractivity contribution in [3.05, 3.63) is 89.0 Å². The molecule has 0 atom stereocenters. The Labute approximate surface area is 157 Å². The molecule has 27 heavy (non-hydrogen) atoms. The van der Waals surface area contributed by atoms with Crippen molar-refractivity contribution in [2.24, 2.45) is 0 Å². The van der Waals surface area contributed by atoms with E-state index in [9.17, 15) is 14.7 Å². The first-order valence-corrected chi connectivity index (χ1v) is 8.51. The van der Waals surface area contributed by atoms with Gasteiger partial charge in [-0.15, -0.1) is 0 Å². The van der Waals surface area contributed by atoms with Crippen LogP contribution in [0.25, 0.3) is 0 Å². The van der Waals surface area contributed by atoms with Gasteiger partial charge in [-0.2, -0.15) is 0 Å². The fourth-order valence-corrected chi connectivity index (χ4v) is 2.63. The predicted molar refractivity (Wildman–Crippen MR) is 106 cm³/mol. The molecule has 0 saturated heterocycles. The Morgan fingerprint density at radius 3 is 2.19 bits per heavy atom. The number of anilines is 2. The number of rotatable bonds is 4. The van der Waals surface area contributed by atoms with Gasteiger partial charge in [0.25, 0.3) is 11.8 Å². The van der Waals surface area contributed by atoms with E-state index in [4.69, 9.17) is 0 Å². The molecule has 3 N–H and O–H groups in total. The van der Waals surface area contributed by atoms with Crippen LogP contribution in [0.2, 0.25) is 0 Å². The van der Waals surface area contributed by atoms with Crippen molar-refractivity contribution in [3.8, 4) is 5.75 Å². The molecule has 0 fully saturated rings. The van der Waals surface area contributed by atoms with Gasteiger partial charge in [0.15, 0.2) is 0 Å². The van der Waals surface area contributed by atoms with Crippen molar-refractivity contribution in [2.75, 3.05) is 10.6 Å². The third-order valence-electron chi connectivity index (χ3n) is 4.15. The quantitative estimate of drug-likeness (QED) is 0.640. The van der Waals surface area contributed by atoms with Gasteiger partial charge in [0.2, 0.25) is 0 Å². The van der Waals surface area contributed by atoms with Crippen LogP contribution in [0.4, 0.5) is 11.4 Å². The topological polar surface area (TPSA) is 78.4 Å². The average Bonchev–Trinajstić information content (AvgIpc) is 2.65. The molecule has 0 aromatic heterocycles. The summed E-state index contributed by atoms with van der Waals surface area (Å²) in [5.41, 5.74) is 4.08. The van der Waals surface area contributed by atoms with Crippen LogP contribution in [0.1, 0.15) is 31.8 Å². The van der Waals surface area contributed by atoms with Crippen LogP contribution in [0.5, 0.6) is 5.75 Å². The largest absolute Gasteiger partial charge is 0.508 e. The summed E-state index contributed by atoms with van der Waals surface area (Å²) in [4.78, 5) is 24.8. The van der Waals surface area contributed by atoms with E-state index >= 15 is 0 Å². The lowest BCUT2D eigenvalue weighted by Gasteiger charge is -2.12. The van der Waals surface area contributed by atoms with Crippen LogP contribution in [0.15, 0.2) is 66.7 Å². The zero-order chi connectivity index (χ0) is 19.4. The number of carbonyl (C=O) groups excluding carboxylic acids is 2. The molecule has 0 heterocycles. The Morgan fingerprint density at radius 2 is 1.48 bits per heavy atom. The number of phenols is 1. The molecule has 0 aliphatic rings. The third kappa shape index (κ3) is 4.52. The molecule has 0 spiro atoms. The number of hydrogen-bond acceptors (Lipinski definition) is 3. The second-order valence-corrected chi connectivity index (χ2v) is 6.35. The standard InChI is InChI=1S/C22H20N2O3/c1-14-4-3-5-17(12-14)22(27)23-18-9-6-15(2)20(13-18)24-21(26)16-7-10-19(25)11-8-16/h3-13,25H,1-2H3,(H,23,27)(H,24,26). The first-order valence-electron chi connectivity index (χ1n) is 8.51. The number of benzene rings is 3.